The maximum Gasteiger partial charge on any atom is 0.262 e. The van der Waals surface area contributed by atoms with Gasteiger partial charge in [-0.2, -0.15) is 4.80 Å². The molecule has 0 aliphatic heterocycles. The quantitative estimate of drug-likeness (QED) is 0.502. The maximum atomic E-state index is 13.1. The Hall–Kier alpha value is -3.74. The monoisotopic (exact) mass is 418 g/mol. The number of hydrogen-bond donors (Lipinski definition) is 1. The van der Waals surface area contributed by atoms with Crippen LogP contribution in [-0.4, -0.2) is 27.5 Å². The lowest BCUT2D eigenvalue weighted by molar-refractivity contribution is -0.118. The molecule has 0 saturated carbocycles. The second-order valence-corrected chi connectivity index (χ2v) is 8.28. The van der Waals surface area contributed by atoms with Gasteiger partial charge in [0.05, 0.1) is 5.69 Å². The van der Waals surface area contributed by atoms with Crippen molar-refractivity contribution in [2.45, 2.75) is 26.2 Å². The molecule has 31 heavy (non-hydrogen) atoms. The highest BCUT2D eigenvalue weighted by Gasteiger charge is 2.13. The molecule has 0 atom stereocenters. The number of carbonyl (C=O) groups is 1. The third-order valence-electron chi connectivity index (χ3n) is 4.81. The summed E-state index contributed by atoms with van der Waals surface area (Å²) in [6.07, 6.45) is 0. The predicted molar refractivity (Wildman–Crippen MR) is 118 cm³/mol. The minimum atomic E-state index is -0.321. The summed E-state index contributed by atoms with van der Waals surface area (Å²) in [5.41, 5.74) is 3.78. The van der Waals surface area contributed by atoms with Crippen molar-refractivity contribution in [1.82, 2.24) is 15.0 Å². The second-order valence-electron chi connectivity index (χ2n) is 8.28. The van der Waals surface area contributed by atoms with Crippen LogP contribution in [0.4, 0.5) is 10.1 Å². The Labute approximate surface area is 179 Å². The molecule has 0 aliphatic rings. The van der Waals surface area contributed by atoms with Crippen LogP contribution >= 0.6 is 0 Å². The van der Waals surface area contributed by atoms with Crippen LogP contribution in [0.5, 0.6) is 5.75 Å². The second kappa shape index (κ2) is 8.18. The number of fused-ring (bicyclic) bond motifs is 1. The average molecular weight is 418 g/mol. The molecule has 7 heteroatoms. The van der Waals surface area contributed by atoms with Crippen LogP contribution in [0, 0.1) is 5.82 Å². The average Bonchev–Trinajstić information content (AvgIpc) is 3.16. The Morgan fingerprint density at radius 3 is 2.32 bits per heavy atom. The molecule has 158 valence electrons. The number of nitrogens with zero attached hydrogens (tertiary/aromatic N) is 3. The van der Waals surface area contributed by atoms with E-state index in [2.05, 4.69) is 36.3 Å². The van der Waals surface area contributed by atoms with Crippen LogP contribution < -0.4 is 10.1 Å². The Morgan fingerprint density at radius 2 is 1.65 bits per heavy atom. The van der Waals surface area contributed by atoms with Crippen molar-refractivity contribution >= 4 is 22.6 Å². The predicted octanol–water partition coefficient (Wildman–Crippen LogP) is 4.87. The van der Waals surface area contributed by atoms with E-state index in [0.29, 0.717) is 28.2 Å². The number of nitrogens with one attached hydrogen (secondary N) is 1. The number of benzene rings is 3. The van der Waals surface area contributed by atoms with E-state index in [4.69, 9.17) is 4.74 Å². The minimum absolute atomic E-state index is 0.0626. The summed E-state index contributed by atoms with van der Waals surface area (Å²) in [6, 6.07) is 18.9. The van der Waals surface area contributed by atoms with E-state index < -0.39 is 0 Å². The van der Waals surface area contributed by atoms with Crippen molar-refractivity contribution in [2.24, 2.45) is 0 Å². The van der Waals surface area contributed by atoms with Crippen LogP contribution in [0.3, 0.4) is 0 Å². The molecule has 1 N–H and O–H groups in total. The van der Waals surface area contributed by atoms with Gasteiger partial charge < -0.3 is 10.1 Å². The third kappa shape index (κ3) is 4.88. The van der Waals surface area contributed by atoms with Crippen molar-refractivity contribution in [3.63, 3.8) is 0 Å². The van der Waals surface area contributed by atoms with E-state index >= 15 is 0 Å². The lowest BCUT2D eigenvalue weighted by atomic mass is 9.87. The van der Waals surface area contributed by atoms with Crippen LogP contribution in [0.1, 0.15) is 26.3 Å². The zero-order valence-corrected chi connectivity index (χ0v) is 17.6. The molecule has 0 spiro atoms. The first-order chi connectivity index (χ1) is 14.8. The van der Waals surface area contributed by atoms with Gasteiger partial charge in [-0.25, -0.2) is 4.39 Å². The fraction of sp³-hybridized carbons (Fsp3) is 0.208. The lowest BCUT2D eigenvalue weighted by Gasteiger charge is -2.19. The zero-order chi connectivity index (χ0) is 22.0. The summed E-state index contributed by atoms with van der Waals surface area (Å²) >= 11 is 0. The van der Waals surface area contributed by atoms with E-state index in [0.717, 1.165) is 0 Å². The SMILES string of the molecule is CC(C)(C)c1ccc(OCC(=O)Nc2ccc3nn(-c4ccc(F)cc4)nc3c2)cc1. The first kappa shape index (κ1) is 20.5. The van der Waals surface area contributed by atoms with Crippen molar-refractivity contribution in [1.29, 1.82) is 0 Å². The summed E-state index contributed by atoms with van der Waals surface area (Å²) < 4.78 is 18.7. The van der Waals surface area contributed by atoms with Crippen LogP contribution in [0.25, 0.3) is 16.7 Å². The van der Waals surface area contributed by atoms with Gasteiger partial charge in [-0.05, 0) is 65.6 Å². The number of carbonyl (C=O) groups excluding carboxylic acids is 1. The number of hydrogen-bond acceptors (Lipinski definition) is 4. The molecule has 4 aromatic rings. The molecule has 0 aliphatic carbocycles. The first-order valence-corrected chi connectivity index (χ1v) is 9.94. The van der Waals surface area contributed by atoms with E-state index in [9.17, 15) is 9.18 Å². The summed E-state index contributed by atoms with van der Waals surface area (Å²) in [7, 11) is 0. The topological polar surface area (TPSA) is 69.0 Å². The molecule has 0 saturated heterocycles. The largest absolute Gasteiger partial charge is 0.484 e. The molecular weight excluding hydrogens is 395 g/mol. The molecule has 1 amide bonds. The van der Waals surface area contributed by atoms with Crippen LogP contribution in [0.2, 0.25) is 0 Å². The first-order valence-electron chi connectivity index (χ1n) is 9.94. The van der Waals surface area contributed by atoms with Gasteiger partial charge in [-0.15, -0.1) is 10.2 Å². The van der Waals surface area contributed by atoms with Gasteiger partial charge in [-0.3, -0.25) is 4.79 Å². The highest BCUT2D eigenvalue weighted by molar-refractivity contribution is 5.93. The molecule has 0 radical (unpaired) electrons. The molecule has 1 heterocycles. The lowest BCUT2D eigenvalue weighted by Crippen LogP contribution is -2.20. The third-order valence-corrected chi connectivity index (χ3v) is 4.81. The number of rotatable bonds is 5. The highest BCUT2D eigenvalue weighted by Crippen LogP contribution is 2.24. The Balaban J connectivity index is 1.40. The van der Waals surface area contributed by atoms with Crippen LogP contribution in [-0.2, 0) is 10.2 Å². The van der Waals surface area contributed by atoms with E-state index in [-0.39, 0.29) is 23.7 Å². The number of ether oxygens (including phenoxy) is 1. The molecule has 0 fully saturated rings. The zero-order valence-electron chi connectivity index (χ0n) is 17.6. The number of anilines is 1. The van der Waals surface area contributed by atoms with Crippen LogP contribution in [0.15, 0.2) is 66.7 Å². The van der Waals surface area contributed by atoms with Gasteiger partial charge in [0.2, 0.25) is 0 Å². The van der Waals surface area contributed by atoms with Crippen molar-refractivity contribution < 1.29 is 13.9 Å². The van der Waals surface area contributed by atoms with Gasteiger partial charge in [0, 0.05) is 5.69 Å². The number of amides is 1. The molecule has 6 nitrogen and oxygen atoms in total. The van der Waals surface area contributed by atoms with Gasteiger partial charge in [0.15, 0.2) is 6.61 Å². The fourth-order valence-corrected chi connectivity index (χ4v) is 3.08. The van der Waals surface area contributed by atoms with E-state index in [1.54, 1.807) is 30.3 Å². The molecule has 3 aromatic carbocycles. The van der Waals surface area contributed by atoms with E-state index in [1.165, 1.54) is 22.5 Å². The van der Waals surface area contributed by atoms with Crippen molar-refractivity contribution in [2.75, 3.05) is 11.9 Å². The van der Waals surface area contributed by atoms with E-state index in [1.807, 2.05) is 24.3 Å². The maximum absolute atomic E-state index is 13.1. The van der Waals surface area contributed by atoms with Gasteiger partial charge >= 0.3 is 0 Å². The Bertz CT molecular complexity index is 1210. The fourth-order valence-electron chi connectivity index (χ4n) is 3.08. The molecule has 0 bridgehead atoms. The summed E-state index contributed by atoms with van der Waals surface area (Å²) in [5.74, 6) is 0.0452. The molecular formula is C24H23FN4O2. The summed E-state index contributed by atoms with van der Waals surface area (Å²) in [4.78, 5) is 13.7. The highest BCUT2D eigenvalue weighted by atomic mass is 19.1. The standard InChI is InChI=1S/C24H23FN4O2/c1-24(2,3)16-4-11-20(12-5-16)31-15-23(30)26-18-8-13-21-22(14-18)28-29(27-21)19-9-6-17(25)7-10-19/h4-14H,15H2,1-3H3,(H,26,30). The van der Waals surface area contributed by atoms with Gasteiger partial charge in [0.25, 0.3) is 5.91 Å². The number of halogens is 1. The number of aromatic nitrogens is 3. The Morgan fingerprint density at radius 1 is 0.968 bits per heavy atom. The molecule has 1 aromatic heterocycles. The smallest absolute Gasteiger partial charge is 0.262 e. The summed E-state index contributed by atoms with van der Waals surface area (Å²) in [6.45, 7) is 6.33. The minimum Gasteiger partial charge on any atom is -0.484 e. The van der Waals surface area contributed by atoms with Gasteiger partial charge in [-0.1, -0.05) is 32.9 Å². The summed E-state index contributed by atoms with van der Waals surface area (Å²) in [5, 5.41) is 11.6. The van der Waals surface area contributed by atoms with Gasteiger partial charge in [0.1, 0.15) is 22.6 Å². The normalized spacial score (nSPS) is 11.5. The van der Waals surface area contributed by atoms with Crippen molar-refractivity contribution in [3.8, 4) is 11.4 Å². The molecule has 4 rings (SSSR count). The van der Waals surface area contributed by atoms with Crippen molar-refractivity contribution in [3.05, 3.63) is 78.1 Å². The molecule has 0 unspecified atom stereocenters. The Kier molecular flexibility index (Phi) is 5.42.